The highest BCUT2D eigenvalue weighted by Crippen LogP contribution is 2.22. The number of hydrogen-bond donors (Lipinski definition) is 2. The SMILES string of the molecule is C=Cc1ccccc1Nc1ccc(/C=C/C(=O)O)cc1. The molecule has 0 aliphatic heterocycles. The van der Waals surface area contributed by atoms with Crippen molar-refractivity contribution >= 4 is 29.5 Å². The lowest BCUT2D eigenvalue weighted by molar-refractivity contribution is -0.131. The Morgan fingerprint density at radius 3 is 2.45 bits per heavy atom. The Morgan fingerprint density at radius 2 is 1.80 bits per heavy atom. The summed E-state index contributed by atoms with van der Waals surface area (Å²) in [5.74, 6) is -0.952. The largest absolute Gasteiger partial charge is 0.478 e. The van der Waals surface area contributed by atoms with Crippen molar-refractivity contribution in [1.82, 2.24) is 0 Å². The zero-order valence-corrected chi connectivity index (χ0v) is 10.9. The Balaban J connectivity index is 2.15. The molecule has 0 spiro atoms. The third-order valence-corrected chi connectivity index (χ3v) is 2.79. The summed E-state index contributed by atoms with van der Waals surface area (Å²) < 4.78 is 0. The fourth-order valence-corrected chi connectivity index (χ4v) is 1.79. The first-order valence-electron chi connectivity index (χ1n) is 6.18. The van der Waals surface area contributed by atoms with Gasteiger partial charge in [-0.15, -0.1) is 0 Å². The van der Waals surface area contributed by atoms with Crippen molar-refractivity contribution in [1.29, 1.82) is 0 Å². The van der Waals surface area contributed by atoms with Gasteiger partial charge >= 0.3 is 5.97 Å². The second-order valence-electron chi connectivity index (χ2n) is 4.21. The van der Waals surface area contributed by atoms with Gasteiger partial charge in [0.15, 0.2) is 0 Å². The minimum Gasteiger partial charge on any atom is -0.478 e. The molecule has 2 rings (SSSR count). The molecule has 2 N–H and O–H groups in total. The van der Waals surface area contributed by atoms with Crippen LogP contribution in [0.1, 0.15) is 11.1 Å². The van der Waals surface area contributed by atoms with Crippen LogP contribution in [0, 0.1) is 0 Å². The summed E-state index contributed by atoms with van der Waals surface area (Å²) in [6, 6.07) is 15.4. The van der Waals surface area contributed by atoms with Crippen molar-refractivity contribution in [2.75, 3.05) is 5.32 Å². The van der Waals surface area contributed by atoms with Gasteiger partial charge in [-0.2, -0.15) is 0 Å². The van der Waals surface area contributed by atoms with Crippen LogP contribution >= 0.6 is 0 Å². The summed E-state index contributed by atoms with van der Waals surface area (Å²) >= 11 is 0. The lowest BCUT2D eigenvalue weighted by Gasteiger charge is -2.09. The average molecular weight is 265 g/mol. The molecule has 3 heteroatoms. The van der Waals surface area contributed by atoms with Crippen molar-refractivity contribution in [2.45, 2.75) is 0 Å². The van der Waals surface area contributed by atoms with Crippen LogP contribution in [0.5, 0.6) is 0 Å². The van der Waals surface area contributed by atoms with Crippen LogP contribution in [0.15, 0.2) is 61.2 Å². The molecule has 100 valence electrons. The Kier molecular flexibility index (Phi) is 4.35. The van der Waals surface area contributed by atoms with Gasteiger partial charge in [0, 0.05) is 17.5 Å². The maximum absolute atomic E-state index is 10.4. The van der Waals surface area contributed by atoms with E-state index in [4.69, 9.17) is 5.11 Å². The molecule has 0 bridgehead atoms. The van der Waals surface area contributed by atoms with Gasteiger partial charge in [-0.1, -0.05) is 43.0 Å². The molecule has 0 atom stereocenters. The third-order valence-electron chi connectivity index (χ3n) is 2.79. The molecule has 2 aromatic carbocycles. The predicted octanol–water partition coefficient (Wildman–Crippen LogP) is 4.17. The zero-order valence-electron chi connectivity index (χ0n) is 10.9. The minimum atomic E-state index is -0.952. The molecule has 0 radical (unpaired) electrons. The van der Waals surface area contributed by atoms with Gasteiger partial charge < -0.3 is 10.4 Å². The zero-order chi connectivity index (χ0) is 14.4. The molecule has 0 saturated heterocycles. The molecule has 0 heterocycles. The normalized spacial score (nSPS) is 10.4. The fourth-order valence-electron chi connectivity index (χ4n) is 1.79. The Hall–Kier alpha value is -2.81. The number of aliphatic carboxylic acids is 1. The number of rotatable bonds is 5. The summed E-state index contributed by atoms with van der Waals surface area (Å²) in [6.07, 6.45) is 4.48. The van der Waals surface area contributed by atoms with Gasteiger partial charge in [0.2, 0.25) is 0 Å². The first-order chi connectivity index (χ1) is 9.69. The van der Waals surface area contributed by atoms with E-state index in [0.717, 1.165) is 28.6 Å². The number of para-hydroxylation sites is 1. The second-order valence-corrected chi connectivity index (χ2v) is 4.21. The van der Waals surface area contributed by atoms with Crippen molar-refractivity contribution < 1.29 is 9.90 Å². The first-order valence-corrected chi connectivity index (χ1v) is 6.18. The quantitative estimate of drug-likeness (QED) is 0.798. The molecule has 0 amide bonds. The van der Waals surface area contributed by atoms with E-state index in [-0.39, 0.29) is 0 Å². The van der Waals surface area contributed by atoms with Gasteiger partial charge in [-0.05, 0) is 35.4 Å². The Morgan fingerprint density at radius 1 is 1.10 bits per heavy atom. The number of benzene rings is 2. The molecule has 0 aliphatic rings. The smallest absolute Gasteiger partial charge is 0.328 e. The summed E-state index contributed by atoms with van der Waals surface area (Å²) in [5.41, 5.74) is 3.79. The minimum absolute atomic E-state index is 0.843. The molecule has 3 nitrogen and oxygen atoms in total. The molecular weight excluding hydrogens is 250 g/mol. The molecule has 0 fully saturated rings. The van der Waals surface area contributed by atoms with E-state index in [9.17, 15) is 4.79 Å². The molecule has 0 aliphatic carbocycles. The van der Waals surface area contributed by atoms with Gasteiger partial charge in [0.25, 0.3) is 0 Å². The van der Waals surface area contributed by atoms with Crippen molar-refractivity contribution in [2.24, 2.45) is 0 Å². The van der Waals surface area contributed by atoms with Crippen LogP contribution in [0.25, 0.3) is 12.2 Å². The van der Waals surface area contributed by atoms with Crippen molar-refractivity contribution in [3.8, 4) is 0 Å². The third kappa shape index (κ3) is 3.59. The van der Waals surface area contributed by atoms with Gasteiger partial charge in [-0.25, -0.2) is 4.79 Å². The van der Waals surface area contributed by atoms with E-state index in [1.807, 2.05) is 48.5 Å². The van der Waals surface area contributed by atoms with Crippen molar-refractivity contribution in [3.05, 3.63) is 72.3 Å². The maximum Gasteiger partial charge on any atom is 0.328 e. The predicted molar refractivity (Wildman–Crippen MR) is 82.9 cm³/mol. The number of carbonyl (C=O) groups is 1. The summed E-state index contributed by atoms with van der Waals surface area (Å²) in [4.78, 5) is 10.4. The van der Waals surface area contributed by atoms with Gasteiger partial charge in [-0.3, -0.25) is 0 Å². The average Bonchev–Trinajstić information content (AvgIpc) is 2.47. The number of hydrogen-bond acceptors (Lipinski definition) is 2. The van der Waals surface area contributed by atoms with Gasteiger partial charge in [0.05, 0.1) is 0 Å². The van der Waals surface area contributed by atoms with Crippen LogP contribution in [0.3, 0.4) is 0 Å². The lowest BCUT2D eigenvalue weighted by atomic mass is 10.1. The first kappa shape index (κ1) is 13.6. The summed E-state index contributed by atoms with van der Waals surface area (Å²) in [7, 11) is 0. The van der Waals surface area contributed by atoms with Crippen LogP contribution in [-0.2, 0) is 4.79 Å². The highest BCUT2D eigenvalue weighted by atomic mass is 16.4. The highest BCUT2D eigenvalue weighted by molar-refractivity contribution is 5.85. The van der Waals surface area contributed by atoms with E-state index in [0.29, 0.717) is 0 Å². The molecule has 0 saturated carbocycles. The van der Waals surface area contributed by atoms with E-state index in [1.165, 1.54) is 0 Å². The number of anilines is 2. The summed E-state index contributed by atoms with van der Waals surface area (Å²) in [6.45, 7) is 3.78. The topological polar surface area (TPSA) is 49.3 Å². The molecular formula is C17H15NO2. The number of nitrogens with one attached hydrogen (secondary N) is 1. The number of carboxylic acids is 1. The van der Waals surface area contributed by atoms with Crippen LogP contribution < -0.4 is 5.32 Å². The van der Waals surface area contributed by atoms with Crippen molar-refractivity contribution in [3.63, 3.8) is 0 Å². The molecule has 2 aromatic rings. The van der Waals surface area contributed by atoms with Crippen LogP contribution in [0.4, 0.5) is 11.4 Å². The molecule has 0 unspecified atom stereocenters. The highest BCUT2D eigenvalue weighted by Gasteiger charge is 1.98. The van der Waals surface area contributed by atoms with Crippen LogP contribution in [0.2, 0.25) is 0 Å². The number of carboxylic acid groups (broad SMARTS) is 1. The van der Waals surface area contributed by atoms with E-state index >= 15 is 0 Å². The summed E-state index contributed by atoms with van der Waals surface area (Å²) in [5, 5.41) is 11.9. The molecule has 20 heavy (non-hydrogen) atoms. The maximum atomic E-state index is 10.4. The van der Waals surface area contributed by atoms with E-state index < -0.39 is 5.97 Å². The van der Waals surface area contributed by atoms with Gasteiger partial charge in [0.1, 0.15) is 0 Å². The molecule has 0 aromatic heterocycles. The fraction of sp³-hybridized carbons (Fsp3) is 0. The second kappa shape index (κ2) is 6.38. The Bertz CT molecular complexity index is 642. The standard InChI is InChI=1S/C17H15NO2/c1-2-14-5-3-4-6-16(14)18-15-10-7-13(8-11-15)9-12-17(19)20/h2-12,18H,1H2,(H,19,20)/b12-9+. The lowest BCUT2D eigenvalue weighted by Crippen LogP contribution is -1.92. The van der Waals surface area contributed by atoms with E-state index in [2.05, 4.69) is 11.9 Å². The monoisotopic (exact) mass is 265 g/mol. The van der Waals surface area contributed by atoms with Crippen LogP contribution in [-0.4, -0.2) is 11.1 Å². The van der Waals surface area contributed by atoms with E-state index in [1.54, 1.807) is 12.2 Å². The Labute approximate surface area is 117 Å².